The fourth-order valence-corrected chi connectivity index (χ4v) is 2.95. The topological polar surface area (TPSA) is 46.5 Å². The normalized spacial score (nSPS) is 43.9. The largest absolute Gasteiger partial charge is 0.469 e. The van der Waals surface area contributed by atoms with Gasteiger partial charge >= 0.3 is 5.97 Å². The van der Waals surface area contributed by atoms with Crippen molar-refractivity contribution < 1.29 is 14.6 Å². The number of hydrogen-bond acceptors (Lipinski definition) is 3. The molecule has 74 valence electrons. The number of carbonyl (C=O) groups is 1. The van der Waals surface area contributed by atoms with Crippen LogP contribution in [0.2, 0.25) is 0 Å². The van der Waals surface area contributed by atoms with Crippen molar-refractivity contribution in [2.75, 3.05) is 7.11 Å². The molecule has 3 nitrogen and oxygen atoms in total. The average Bonchev–Trinajstić information content (AvgIpc) is 2.62. The quantitative estimate of drug-likeness (QED) is 0.646. The highest BCUT2D eigenvalue weighted by atomic mass is 16.5. The van der Waals surface area contributed by atoms with Gasteiger partial charge in [-0.25, -0.2) is 0 Å². The van der Waals surface area contributed by atoms with Crippen molar-refractivity contribution in [1.82, 2.24) is 0 Å². The lowest BCUT2D eigenvalue weighted by atomic mass is 9.98. The number of ether oxygens (including phenoxy) is 1. The van der Waals surface area contributed by atoms with E-state index < -0.39 is 0 Å². The van der Waals surface area contributed by atoms with Crippen molar-refractivity contribution in [3.8, 4) is 0 Å². The minimum absolute atomic E-state index is 0.0208. The minimum atomic E-state index is -0.115. The Morgan fingerprint density at radius 3 is 2.46 bits per heavy atom. The summed E-state index contributed by atoms with van der Waals surface area (Å²) in [5.74, 6) is 1.57. The van der Waals surface area contributed by atoms with Crippen molar-refractivity contribution in [2.45, 2.75) is 25.9 Å². The summed E-state index contributed by atoms with van der Waals surface area (Å²) in [6.45, 7) is 1.93. The highest BCUT2D eigenvalue weighted by molar-refractivity contribution is 5.72. The van der Waals surface area contributed by atoms with E-state index in [-0.39, 0.29) is 18.0 Å². The lowest BCUT2D eigenvalue weighted by molar-refractivity contribution is -0.146. The first-order chi connectivity index (χ1) is 6.15. The molecule has 0 radical (unpaired) electrons. The predicted octanol–water partition coefficient (Wildman–Crippen LogP) is 0.812. The smallest absolute Gasteiger partial charge is 0.308 e. The fraction of sp³-hybridized carbons (Fsp3) is 0.900. The van der Waals surface area contributed by atoms with Gasteiger partial charge in [0.15, 0.2) is 0 Å². The molecule has 0 heterocycles. The first kappa shape index (κ1) is 9.00. The zero-order chi connectivity index (χ0) is 9.59. The monoisotopic (exact) mass is 184 g/mol. The van der Waals surface area contributed by atoms with Crippen LogP contribution in [0.1, 0.15) is 19.8 Å². The molecule has 2 saturated carbocycles. The number of carbonyl (C=O) groups excluding carboxylic acids is 1. The molecule has 1 N–H and O–H groups in total. The van der Waals surface area contributed by atoms with Gasteiger partial charge in [0.1, 0.15) is 0 Å². The number of methoxy groups -OCH3 is 1. The zero-order valence-electron chi connectivity index (χ0n) is 8.06. The van der Waals surface area contributed by atoms with E-state index in [1.165, 1.54) is 7.11 Å². The van der Waals surface area contributed by atoms with Crippen LogP contribution in [0.25, 0.3) is 0 Å². The van der Waals surface area contributed by atoms with Gasteiger partial charge in [-0.05, 0) is 30.6 Å². The van der Waals surface area contributed by atoms with Crippen molar-refractivity contribution >= 4 is 5.97 Å². The Morgan fingerprint density at radius 2 is 2.00 bits per heavy atom. The van der Waals surface area contributed by atoms with Crippen molar-refractivity contribution in [3.63, 3.8) is 0 Å². The average molecular weight is 184 g/mol. The van der Waals surface area contributed by atoms with E-state index in [9.17, 15) is 9.90 Å². The molecule has 2 aliphatic rings. The number of aliphatic hydroxyl groups excluding tert-OH is 1. The van der Waals surface area contributed by atoms with E-state index in [2.05, 4.69) is 0 Å². The van der Waals surface area contributed by atoms with Crippen molar-refractivity contribution in [1.29, 1.82) is 0 Å². The molecule has 0 aliphatic heterocycles. The van der Waals surface area contributed by atoms with Gasteiger partial charge in [0.05, 0.1) is 19.1 Å². The molecule has 0 saturated heterocycles. The van der Waals surface area contributed by atoms with Crippen LogP contribution in [-0.4, -0.2) is 24.3 Å². The SMILES string of the molecule is COC(=O)C(C)[C@@H]1[C@@H]2C[C@H](O)C[C@@H]21. The number of hydrogen-bond donors (Lipinski definition) is 1. The fourth-order valence-electron chi connectivity index (χ4n) is 2.95. The first-order valence-electron chi connectivity index (χ1n) is 4.91. The summed E-state index contributed by atoms with van der Waals surface area (Å²) in [4.78, 5) is 11.2. The Bertz CT molecular complexity index is 214. The molecule has 0 aromatic heterocycles. The second kappa shape index (κ2) is 2.98. The van der Waals surface area contributed by atoms with Gasteiger partial charge in [0.25, 0.3) is 0 Å². The Hall–Kier alpha value is -0.570. The summed E-state index contributed by atoms with van der Waals surface area (Å²) in [5.41, 5.74) is 0. The van der Waals surface area contributed by atoms with E-state index in [0.29, 0.717) is 17.8 Å². The third kappa shape index (κ3) is 1.35. The maximum atomic E-state index is 11.2. The molecule has 0 aromatic carbocycles. The second-order valence-corrected chi connectivity index (χ2v) is 4.34. The van der Waals surface area contributed by atoms with E-state index in [4.69, 9.17) is 4.74 Å². The van der Waals surface area contributed by atoms with Gasteiger partial charge < -0.3 is 9.84 Å². The summed E-state index contributed by atoms with van der Waals surface area (Å²) in [6, 6.07) is 0. The van der Waals surface area contributed by atoms with E-state index in [1.807, 2.05) is 6.92 Å². The Morgan fingerprint density at radius 1 is 1.46 bits per heavy atom. The summed E-state index contributed by atoms with van der Waals surface area (Å²) >= 11 is 0. The number of aliphatic hydroxyl groups is 1. The molecule has 0 spiro atoms. The van der Waals surface area contributed by atoms with E-state index in [1.54, 1.807) is 0 Å². The highest BCUT2D eigenvalue weighted by Gasteiger charge is 2.59. The second-order valence-electron chi connectivity index (χ2n) is 4.34. The third-order valence-electron chi connectivity index (χ3n) is 3.64. The molecule has 1 unspecified atom stereocenters. The summed E-state index contributed by atoms with van der Waals surface area (Å²) < 4.78 is 4.70. The number of fused-ring (bicyclic) bond motifs is 1. The molecule has 5 atom stereocenters. The molecule has 0 bridgehead atoms. The lowest BCUT2D eigenvalue weighted by Gasteiger charge is -2.12. The van der Waals surface area contributed by atoms with Gasteiger partial charge in [-0.15, -0.1) is 0 Å². The maximum Gasteiger partial charge on any atom is 0.308 e. The van der Waals surface area contributed by atoms with Crippen molar-refractivity contribution in [2.24, 2.45) is 23.7 Å². The molecule has 13 heavy (non-hydrogen) atoms. The van der Waals surface area contributed by atoms with Crippen LogP contribution >= 0.6 is 0 Å². The third-order valence-corrected chi connectivity index (χ3v) is 3.64. The van der Waals surface area contributed by atoms with Crippen LogP contribution in [0.4, 0.5) is 0 Å². The van der Waals surface area contributed by atoms with Crippen LogP contribution in [0.3, 0.4) is 0 Å². The van der Waals surface area contributed by atoms with Crippen LogP contribution in [0, 0.1) is 23.7 Å². The Labute approximate surface area is 78.1 Å². The molecular formula is C10H16O3. The van der Waals surface area contributed by atoms with Gasteiger partial charge in [-0.2, -0.15) is 0 Å². The van der Waals surface area contributed by atoms with E-state index >= 15 is 0 Å². The summed E-state index contributed by atoms with van der Waals surface area (Å²) in [5, 5.41) is 9.31. The molecular weight excluding hydrogens is 168 g/mol. The highest BCUT2D eigenvalue weighted by Crippen LogP contribution is 2.60. The van der Waals surface area contributed by atoms with Crippen LogP contribution in [-0.2, 0) is 9.53 Å². The number of rotatable bonds is 2. The van der Waals surface area contributed by atoms with Crippen molar-refractivity contribution in [3.05, 3.63) is 0 Å². The standard InChI is InChI=1S/C10H16O3/c1-5(10(12)13-2)9-7-3-6(11)4-8(7)9/h5-9,11H,3-4H2,1-2H3/t5?,6-,7+,8-,9+. The summed E-state index contributed by atoms with van der Waals surface area (Å²) in [6.07, 6.45) is 1.66. The van der Waals surface area contributed by atoms with Crippen LogP contribution in [0.15, 0.2) is 0 Å². The number of esters is 1. The molecule has 3 heteroatoms. The minimum Gasteiger partial charge on any atom is -0.469 e. The van der Waals surface area contributed by atoms with E-state index in [0.717, 1.165) is 12.8 Å². The van der Waals surface area contributed by atoms with Gasteiger partial charge in [0.2, 0.25) is 0 Å². The van der Waals surface area contributed by atoms with Gasteiger partial charge in [0, 0.05) is 0 Å². The first-order valence-corrected chi connectivity index (χ1v) is 4.91. The predicted molar refractivity (Wildman–Crippen MR) is 46.9 cm³/mol. The molecule has 2 rings (SSSR count). The van der Waals surface area contributed by atoms with Gasteiger partial charge in [-0.1, -0.05) is 6.92 Å². The van der Waals surface area contributed by atoms with Crippen LogP contribution < -0.4 is 0 Å². The summed E-state index contributed by atoms with van der Waals surface area (Å²) in [7, 11) is 1.44. The molecule has 2 aliphatic carbocycles. The maximum absolute atomic E-state index is 11.2. The molecule has 0 amide bonds. The zero-order valence-corrected chi connectivity index (χ0v) is 8.06. The lowest BCUT2D eigenvalue weighted by Crippen LogP contribution is -2.19. The Balaban J connectivity index is 1.90. The molecule has 0 aromatic rings. The molecule has 2 fully saturated rings. The Kier molecular flexibility index (Phi) is 2.06. The van der Waals surface area contributed by atoms with Crippen LogP contribution in [0.5, 0.6) is 0 Å². The van der Waals surface area contributed by atoms with Gasteiger partial charge in [-0.3, -0.25) is 4.79 Å².